The molecule has 1 unspecified atom stereocenters. The van der Waals surface area contributed by atoms with Gasteiger partial charge in [0.1, 0.15) is 22.9 Å². The monoisotopic (exact) mass is 300 g/mol. The molecule has 1 aliphatic rings. The standard InChI is InChI=1S/C17H14F2N2O/c1-21-15(20)10-17(16(21)22,11-5-3-2-4-6-11)12-7-13(18)9-14(19)8-12/h2-10H,20H2,1H3. The van der Waals surface area contributed by atoms with Gasteiger partial charge in [0.05, 0.1) is 0 Å². The Labute approximate surface area is 126 Å². The van der Waals surface area contributed by atoms with Crippen molar-refractivity contribution in [2.24, 2.45) is 5.73 Å². The Morgan fingerprint density at radius 2 is 1.59 bits per heavy atom. The molecule has 0 aromatic heterocycles. The van der Waals surface area contributed by atoms with Crippen LogP contribution in [-0.4, -0.2) is 17.9 Å². The average Bonchev–Trinajstić information content (AvgIpc) is 2.72. The van der Waals surface area contributed by atoms with E-state index in [1.54, 1.807) is 36.4 Å². The second-order valence-electron chi connectivity index (χ2n) is 5.27. The highest BCUT2D eigenvalue weighted by Gasteiger charge is 2.47. The number of benzene rings is 2. The Balaban J connectivity index is 2.32. The lowest BCUT2D eigenvalue weighted by molar-refractivity contribution is -0.129. The van der Waals surface area contributed by atoms with E-state index in [4.69, 9.17) is 5.73 Å². The summed E-state index contributed by atoms with van der Waals surface area (Å²) < 4.78 is 27.3. The molecule has 0 saturated heterocycles. The maximum atomic E-state index is 13.7. The van der Waals surface area contributed by atoms with Gasteiger partial charge >= 0.3 is 0 Å². The summed E-state index contributed by atoms with van der Waals surface area (Å²) in [5.74, 6) is -1.57. The minimum Gasteiger partial charge on any atom is -0.385 e. The first kappa shape index (κ1) is 14.3. The molecular weight excluding hydrogens is 286 g/mol. The van der Waals surface area contributed by atoms with Gasteiger partial charge < -0.3 is 10.6 Å². The highest BCUT2D eigenvalue weighted by Crippen LogP contribution is 2.41. The molecular formula is C17H14F2N2O. The number of hydrogen-bond acceptors (Lipinski definition) is 2. The Kier molecular flexibility index (Phi) is 3.20. The van der Waals surface area contributed by atoms with Gasteiger partial charge in [-0.05, 0) is 29.3 Å². The van der Waals surface area contributed by atoms with Crippen molar-refractivity contribution in [3.63, 3.8) is 0 Å². The average molecular weight is 300 g/mol. The van der Waals surface area contributed by atoms with Crippen LogP contribution in [0.15, 0.2) is 60.4 Å². The number of rotatable bonds is 2. The van der Waals surface area contributed by atoms with Crippen LogP contribution in [0.3, 0.4) is 0 Å². The van der Waals surface area contributed by atoms with Crippen LogP contribution < -0.4 is 5.73 Å². The fourth-order valence-electron chi connectivity index (χ4n) is 2.83. The molecule has 22 heavy (non-hydrogen) atoms. The molecule has 0 saturated carbocycles. The van der Waals surface area contributed by atoms with Crippen LogP contribution in [0, 0.1) is 11.6 Å². The summed E-state index contributed by atoms with van der Waals surface area (Å²) in [5, 5.41) is 0. The normalized spacial score (nSPS) is 21.1. The predicted octanol–water partition coefficient (Wildman–Crippen LogP) is 2.52. The summed E-state index contributed by atoms with van der Waals surface area (Å²) in [6.07, 6.45) is 1.54. The molecule has 0 fully saturated rings. The lowest BCUT2D eigenvalue weighted by Crippen LogP contribution is -2.39. The Morgan fingerprint density at radius 3 is 2.09 bits per heavy atom. The zero-order valence-electron chi connectivity index (χ0n) is 11.9. The second-order valence-corrected chi connectivity index (χ2v) is 5.27. The first-order chi connectivity index (χ1) is 10.4. The van der Waals surface area contributed by atoms with E-state index in [9.17, 15) is 13.6 Å². The lowest BCUT2D eigenvalue weighted by atomic mass is 9.74. The lowest BCUT2D eigenvalue weighted by Gasteiger charge is -2.27. The third-order valence-electron chi connectivity index (χ3n) is 3.94. The predicted molar refractivity (Wildman–Crippen MR) is 78.6 cm³/mol. The highest BCUT2D eigenvalue weighted by atomic mass is 19.1. The highest BCUT2D eigenvalue weighted by molar-refractivity contribution is 5.98. The van der Waals surface area contributed by atoms with Crippen molar-refractivity contribution in [1.29, 1.82) is 0 Å². The second kappa shape index (κ2) is 4.94. The quantitative estimate of drug-likeness (QED) is 0.926. The summed E-state index contributed by atoms with van der Waals surface area (Å²) in [5.41, 5.74) is 5.38. The number of carbonyl (C=O) groups is 1. The van der Waals surface area contributed by atoms with Crippen molar-refractivity contribution in [3.05, 3.63) is 83.2 Å². The van der Waals surface area contributed by atoms with Gasteiger partial charge in [0, 0.05) is 13.1 Å². The van der Waals surface area contributed by atoms with Crippen molar-refractivity contribution in [2.75, 3.05) is 7.05 Å². The number of carbonyl (C=O) groups excluding carboxylic acids is 1. The summed E-state index contributed by atoms with van der Waals surface area (Å²) >= 11 is 0. The third-order valence-corrected chi connectivity index (χ3v) is 3.94. The van der Waals surface area contributed by atoms with Gasteiger partial charge in [-0.15, -0.1) is 0 Å². The van der Waals surface area contributed by atoms with Gasteiger partial charge in [0.15, 0.2) is 0 Å². The van der Waals surface area contributed by atoms with Crippen molar-refractivity contribution < 1.29 is 13.6 Å². The Hall–Kier alpha value is -2.69. The molecule has 5 heteroatoms. The Bertz CT molecular complexity index is 753. The van der Waals surface area contributed by atoms with E-state index in [1.165, 1.54) is 11.9 Å². The number of nitrogens with zero attached hydrogens (tertiary/aromatic N) is 1. The zero-order chi connectivity index (χ0) is 15.9. The van der Waals surface area contributed by atoms with Gasteiger partial charge in [-0.2, -0.15) is 0 Å². The van der Waals surface area contributed by atoms with E-state index < -0.39 is 17.0 Å². The van der Waals surface area contributed by atoms with Gasteiger partial charge in [-0.1, -0.05) is 30.3 Å². The third kappa shape index (κ3) is 1.97. The molecule has 3 rings (SSSR count). The van der Waals surface area contributed by atoms with E-state index in [0.29, 0.717) is 5.56 Å². The molecule has 2 aromatic rings. The van der Waals surface area contributed by atoms with Crippen molar-refractivity contribution in [1.82, 2.24) is 4.90 Å². The summed E-state index contributed by atoms with van der Waals surface area (Å²) in [6.45, 7) is 0. The van der Waals surface area contributed by atoms with Crippen LogP contribution in [0.25, 0.3) is 0 Å². The van der Waals surface area contributed by atoms with E-state index in [-0.39, 0.29) is 17.3 Å². The first-order valence-electron chi connectivity index (χ1n) is 6.74. The fourth-order valence-corrected chi connectivity index (χ4v) is 2.83. The minimum absolute atomic E-state index is 0.216. The van der Waals surface area contributed by atoms with Gasteiger partial charge in [-0.3, -0.25) is 4.79 Å². The molecule has 0 aliphatic carbocycles. The van der Waals surface area contributed by atoms with Crippen LogP contribution in [0.4, 0.5) is 8.78 Å². The largest absolute Gasteiger partial charge is 0.385 e. The maximum absolute atomic E-state index is 13.7. The molecule has 1 heterocycles. The van der Waals surface area contributed by atoms with Crippen LogP contribution in [0.1, 0.15) is 11.1 Å². The van der Waals surface area contributed by atoms with Gasteiger partial charge in [0.25, 0.3) is 0 Å². The van der Waals surface area contributed by atoms with E-state index in [0.717, 1.165) is 18.2 Å². The summed E-state index contributed by atoms with van der Waals surface area (Å²) in [4.78, 5) is 14.1. The van der Waals surface area contributed by atoms with Gasteiger partial charge in [-0.25, -0.2) is 8.78 Å². The smallest absolute Gasteiger partial charge is 0.246 e. The minimum atomic E-state index is -1.32. The molecule has 2 aromatic carbocycles. The molecule has 3 nitrogen and oxygen atoms in total. The first-order valence-corrected chi connectivity index (χ1v) is 6.74. The molecule has 1 atom stereocenters. The molecule has 2 N–H and O–H groups in total. The van der Waals surface area contributed by atoms with Gasteiger partial charge in [0.2, 0.25) is 5.91 Å². The number of nitrogens with two attached hydrogens (primary N) is 1. The number of halogens is 2. The molecule has 1 aliphatic heterocycles. The number of hydrogen-bond donors (Lipinski definition) is 1. The molecule has 0 radical (unpaired) electrons. The molecule has 0 bridgehead atoms. The van der Waals surface area contributed by atoms with E-state index in [2.05, 4.69) is 0 Å². The Morgan fingerprint density at radius 1 is 1.00 bits per heavy atom. The topological polar surface area (TPSA) is 46.3 Å². The summed E-state index contributed by atoms with van der Waals surface area (Å²) in [7, 11) is 1.54. The molecule has 1 amide bonds. The van der Waals surface area contributed by atoms with Crippen LogP contribution >= 0.6 is 0 Å². The molecule has 0 spiro atoms. The zero-order valence-corrected chi connectivity index (χ0v) is 11.9. The maximum Gasteiger partial charge on any atom is 0.246 e. The van der Waals surface area contributed by atoms with E-state index >= 15 is 0 Å². The number of amides is 1. The SMILES string of the molecule is CN1C(=O)C(c2ccccc2)(c2cc(F)cc(F)c2)C=C1N. The van der Waals surface area contributed by atoms with Crippen LogP contribution in [-0.2, 0) is 10.2 Å². The molecule has 112 valence electrons. The van der Waals surface area contributed by atoms with Crippen LogP contribution in [0.5, 0.6) is 0 Å². The van der Waals surface area contributed by atoms with Crippen molar-refractivity contribution in [3.8, 4) is 0 Å². The van der Waals surface area contributed by atoms with Crippen molar-refractivity contribution >= 4 is 5.91 Å². The van der Waals surface area contributed by atoms with Crippen LogP contribution in [0.2, 0.25) is 0 Å². The van der Waals surface area contributed by atoms with Crippen molar-refractivity contribution in [2.45, 2.75) is 5.41 Å². The number of likely N-dealkylation sites (N-methyl/N-ethyl adjacent to an activating group) is 1. The summed E-state index contributed by atoms with van der Waals surface area (Å²) in [6, 6.07) is 11.9. The fraction of sp³-hybridized carbons (Fsp3) is 0.118. The van der Waals surface area contributed by atoms with E-state index in [1.807, 2.05) is 0 Å².